The Balaban J connectivity index is 2.18. The lowest BCUT2D eigenvalue weighted by atomic mass is 9.94. The summed E-state index contributed by atoms with van der Waals surface area (Å²) in [5.74, 6) is -0.360. The largest absolute Gasteiger partial charge is 0.423 e. The van der Waals surface area contributed by atoms with Crippen molar-refractivity contribution in [2.75, 3.05) is 25.9 Å². The highest BCUT2D eigenvalue weighted by molar-refractivity contribution is 6.07. The molecule has 1 aromatic rings. The molecule has 0 saturated carbocycles. The topological polar surface area (TPSA) is 200 Å². The predicted octanol–water partition coefficient (Wildman–Crippen LogP) is 1.17. The van der Waals surface area contributed by atoms with Gasteiger partial charge in [0, 0.05) is 31.5 Å². The fourth-order valence-corrected chi connectivity index (χ4v) is 3.18. The average Bonchev–Trinajstić information content (AvgIpc) is 2.76. The Morgan fingerprint density at radius 1 is 1.24 bits per heavy atom. The van der Waals surface area contributed by atoms with E-state index < -0.39 is 16.9 Å². The molecule has 0 spiro atoms. The molecular weight excluding hydrogens is 438 g/mol. The van der Waals surface area contributed by atoms with Crippen molar-refractivity contribution < 1.29 is 14.6 Å². The lowest BCUT2D eigenvalue weighted by Crippen LogP contribution is -2.49. The van der Waals surface area contributed by atoms with E-state index in [9.17, 15) is 9.90 Å². The lowest BCUT2D eigenvalue weighted by Gasteiger charge is -2.34. The maximum absolute atomic E-state index is 12.3. The number of aliphatic hydroxyl groups is 1. The number of nitrogens with two attached hydrogens (primary N) is 2. The molecule has 1 aliphatic rings. The van der Waals surface area contributed by atoms with Gasteiger partial charge in [0.15, 0.2) is 23.2 Å². The normalized spacial score (nSPS) is 16.4. The predicted molar refractivity (Wildman–Crippen MR) is 131 cm³/mol. The van der Waals surface area contributed by atoms with Crippen LogP contribution in [-0.4, -0.2) is 75.1 Å². The average molecular weight is 474 g/mol. The molecular formula is C22H35N9O3. The van der Waals surface area contributed by atoms with Gasteiger partial charge in [0.25, 0.3) is 5.91 Å². The van der Waals surface area contributed by atoms with E-state index in [0.29, 0.717) is 31.8 Å². The van der Waals surface area contributed by atoms with Crippen LogP contribution in [0.25, 0.3) is 0 Å². The summed E-state index contributed by atoms with van der Waals surface area (Å²) in [5, 5.41) is 26.1. The third-order valence-electron chi connectivity index (χ3n) is 5.30. The van der Waals surface area contributed by atoms with Gasteiger partial charge in [0.1, 0.15) is 17.1 Å². The van der Waals surface area contributed by atoms with Crippen molar-refractivity contribution >= 4 is 35.2 Å². The Kier molecular flexibility index (Phi) is 8.09. The second-order valence-electron chi connectivity index (χ2n) is 9.71. The second kappa shape index (κ2) is 10.2. The fourth-order valence-electron chi connectivity index (χ4n) is 3.18. The Bertz CT molecular complexity index is 1010. The zero-order valence-corrected chi connectivity index (χ0v) is 20.6. The number of piperidine rings is 1. The molecule has 1 amide bonds. The molecule has 1 fully saturated rings. The van der Waals surface area contributed by atoms with Gasteiger partial charge < -0.3 is 26.2 Å². The lowest BCUT2D eigenvalue weighted by molar-refractivity contribution is -0.149. The molecule has 34 heavy (non-hydrogen) atoms. The molecule has 1 aromatic heterocycles. The number of carbonyl (C=O) groups excluding carboxylic acids is 1. The van der Waals surface area contributed by atoms with Crippen LogP contribution in [0.2, 0.25) is 0 Å². The number of anilines is 1. The smallest absolute Gasteiger partial charge is 0.253 e. The van der Waals surface area contributed by atoms with Gasteiger partial charge in [-0.15, -0.1) is 0 Å². The molecule has 0 atom stereocenters. The number of nitrogens with zero attached hydrogens (tertiary/aromatic N) is 5. The van der Waals surface area contributed by atoms with Crippen molar-refractivity contribution in [1.29, 1.82) is 10.8 Å². The van der Waals surface area contributed by atoms with Crippen LogP contribution < -0.4 is 11.5 Å². The van der Waals surface area contributed by atoms with Crippen molar-refractivity contribution in [1.82, 2.24) is 14.9 Å². The first-order chi connectivity index (χ1) is 15.6. The molecule has 0 unspecified atom stereocenters. The van der Waals surface area contributed by atoms with Crippen molar-refractivity contribution in [2.45, 2.75) is 53.1 Å². The van der Waals surface area contributed by atoms with Crippen LogP contribution in [0.5, 0.6) is 0 Å². The van der Waals surface area contributed by atoms with Crippen molar-refractivity contribution in [3.8, 4) is 0 Å². The van der Waals surface area contributed by atoms with E-state index in [1.165, 1.54) is 27.1 Å². The summed E-state index contributed by atoms with van der Waals surface area (Å²) in [6, 6.07) is 0. The molecule has 1 aliphatic heterocycles. The maximum atomic E-state index is 12.3. The number of hydrogen-bond acceptors (Lipinski definition) is 9. The molecule has 2 rings (SSSR count). The van der Waals surface area contributed by atoms with E-state index in [4.69, 9.17) is 27.0 Å². The number of aliphatic imine (C=N–C) groups is 2. The van der Waals surface area contributed by atoms with Crippen LogP contribution >= 0.6 is 0 Å². The van der Waals surface area contributed by atoms with Crippen molar-refractivity contribution in [2.24, 2.45) is 27.1 Å². The fraction of sp³-hybridized carbons (Fsp3) is 0.591. The molecule has 0 radical (unpaired) electrons. The van der Waals surface area contributed by atoms with Gasteiger partial charge in [-0.05, 0) is 26.7 Å². The minimum Gasteiger partial charge on any atom is -0.423 e. The van der Waals surface area contributed by atoms with Crippen LogP contribution in [0.1, 0.15) is 58.8 Å². The number of carbonyl (C=O) groups is 1. The van der Waals surface area contributed by atoms with Crippen LogP contribution in [-0.2, 0) is 9.53 Å². The number of amides is 1. The van der Waals surface area contributed by atoms with Gasteiger partial charge in [0.2, 0.25) is 5.90 Å². The van der Waals surface area contributed by atoms with Gasteiger partial charge in [-0.1, -0.05) is 20.8 Å². The highest BCUT2D eigenvalue weighted by Gasteiger charge is 2.33. The minimum atomic E-state index is -1.41. The molecule has 12 heteroatoms. The quantitative estimate of drug-likeness (QED) is 0.319. The summed E-state index contributed by atoms with van der Waals surface area (Å²) in [6.07, 6.45) is 2.57. The number of nitrogen functional groups attached to an aromatic ring is 1. The number of hydrogen-bond donors (Lipinski definition) is 5. The van der Waals surface area contributed by atoms with E-state index in [2.05, 4.69) is 20.0 Å². The molecule has 186 valence electrons. The first-order valence-corrected chi connectivity index (χ1v) is 11.0. The van der Waals surface area contributed by atoms with E-state index in [1.807, 2.05) is 0 Å². The van der Waals surface area contributed by atoms with Crippen molar-refractivity contribution in [3.63, 3.8) is 0 Å². The second-order valence-corrected chi connectivity index (χ2v) is 9.71. The number of rotatable bonds is 4. The van der Waals surface area contributed by atoms with Crippen LogP contribution in [0.15, 0.2) is 16.2 Å². The van der Waals surface area contributed by atoms with Gasteiger partial charge in [-0.3, -0.25) is 20.6 Å². The summed E-state index contributed by atoms with van der Waals surface area (Å²) in [7, 11) is 1.53. The van der Waals surface area contributed by atoms with Gasteiger partial charge in [-0.2, -0.15) is 0 Å². The number of nitrogens with one attached hydrogen (secondary N) is 2. The SMILES string of the molecule is CN=C(N=C(N)C1CCN(C(=O)C(C)(C)O)CC1)c1cnc(N)c(C(=N)OC(=N)C(C)(C)C)n1. The Hall–Kier alpha value is -3.41. The van der Waals surface area contributed by atoms with Crippen LogP contribution in [0.4, 0.5) is 5.82 Å². The first-order valence-electron chi connectivity index (χ1n) is 11.0. The first kappa shape index (κ1) is 26.8. The molecule has 2 heterocycles. The monoisotopic (exact) mass is 473 g/mol. The summed E-state index contributed by atoms with van der Waals surface area (Å²) in [6.45, 7) is 9.24. The zero-order valence-electron chi connectivity index (χ0n) is 20.6. The summed E-state index contributed by atoms with van der Waals surface area (Å²) >= 11 is 0. The summed E-state index contributed by atoms with van der Waals surface area (Å²) < 4.78 is 5.31. The molecule has 1 saturated heterocycles. The van der Waals surface area contributed by atoms with E-state index >= 15 is 0 Å². The third-order valence-corrected chi connectivity index (χ3v) is 5.30. The number of aromatic nitrogens is 2. The van der Waals surface area contributed by atoms with Gasteiger partial charge in [-0.25, -0.2) is 15.0 Å². The Labute approximate surface area is 199 Å². The molecule has 7 N–H and O–H groups in total. The van der Waals surface area contributed by atoms with E-state index in [1.54, 1.807) is 25.7 Å². The number of amidine groups is 2. The summed E-state index contributed by atoms with van der Waals surface area (Å²) in [4.78, 5) is 30.9. The highest BCUT2D eigenvalue weighted by atomic mass is 16.5. The molecule has 0 aromatic carbocycles. The molecule has 0 aliphatic carbocycles. The van der Waals surface area contributed by atoms with Crippen LogP contribution in [0.3, 0.4) is 0 Å². The standard InChI is InChI=1S/C22H35N9O3/c1-21(2,3)19(26)34-17(25)14-16(24)28-11-13(29-14)18(27-6)30-15(23)12-7-9-31(10-8-12)20(32)22(4,5)33/h11-12,25-26,33H,7-10H2,1-6H3,(H2,24,28)(H2,23,27,30). The van der Waals surface area contributed by atoms with E-state index in [-0.39, 0.29) is 40.8 Å². The third kappa shape index (κ3) is 6.56. The minimum absolute atomic E-state index is 0.0216. The number of ether oxygens (including phenoxy) is 1. The van der Waals surface area contributed by atoms with E-state index in [0.717, 1.165) is 0 Å². The molecule has 12 nitrogen and oxygen atoms in total. The zero-order chi connectivity index (χ0) is 25.8. The van der Waals surface area contributed by atoms with Gasteiger partial charge in [0.05, 0.1) is 6.20 Å². The Morgan fingerprint density at radius 3 is 2.32 bits per heavy atom. The molecule has 0 bridgehead atoms. The van der Waals surface area contributed by atoms with Crippen LogP contribution in [0, 0.1) is 22.2 Å². The Morgan fingerprint density at radius 2 is 1.82 bits per heavy atom. The highest BCUT2D eigenvalue weighted by Crippen LogP contribution is 2.21. The maximum Gasteiger partial charge on any atom is 0.253 e. The van der Waals surface area contributed by atoms with Crippen molar-refractivity contribution in [3.05, 3.63) is 17.6 Å². The summed E-state index contributed by atoms with van der Waals surface area (Å²) in [5.41, 5.74) is 10.4. The number of likely N-dealkylation sites (tertiary alicyclic amines) is 1. The van der Waals surface area contributed by atoms with Gasteiger partial charge >= 0.3 is 0 Å².